The van der Waals surface area contributed by atoms with Gasteiger partial charge in [-0.3, -0.25) is 9.58 Å². The predicted octanol–water partition coefficient (Wildman–Crippen LogP) is 2.60. The van der Waals surface area contributed by atoms with Gasteiger partial charge in [-0.2, -0.15) is 5.10 Å². The van der Waals surface area contributed by atoms with Crippen molar-refractivity contribution < 1.29 is 9.90 Å². The van der Waals surface area contributed by atoms with Crippen LogP contribution in [-0.2, 0) is 26.7 Å². The second-order valence-electron chi connectivity index (χ2n) is 5.41. The monoisotopic (exact) mass is 305 g/mol. The Morgan fingerprint density at radius 3 is 2.71 bits per heavy atom. The Labute approximate surface area is 127 Å². The maximum atomic E-state index is 11.0. The number of carbonyl (C=O) groups is 1. The van der Waals surface area contributed by atoms with E-state index in [2.05, 4.69) is 10.00 Å². The van der Waals surface area contributed by atoms with Crippen molar-refractivity contribution in [1.29, 1.82) is 0 Å². The Balaban J connectivity index is 1.80. The summed E-state index contributed by atoms with van der Waals surface area (Å²) in [5, 5.41) is 14.0. The molecule has 0 saturated carbocycles. The van der Waals surface area contributed by atoms with Gasteiger partial charge in [0.15, 0.2) is 0 Å². The Bertz CT molecular complexity index is 724. The highest BCUT2D eigenvalue weighted by molar-refractivity contribution is 6.30. The molecule has 2 heterocycles. The van der Waals surface area contributed by atoms with Crippen LogP contribution < -0.4 is 0 Å². The van der Waals surface area contributed by atoms with E-state index in [1.807, 2.05) is 20.0 Å². The zero-order valence-electron chi connectivity index (χ0n) is 11.9. The summed E-state index contributed by atoms with van der Waals surface area (Å²) in [6.07, 6.45) is 0. The first kappa shape index (κ1) is 14.1. The van der Waals surface area contributed by atoms with E-state index in [0.29, 0.717) is 10.7 Å². The average Bonchev–Trinajstić information content (AvgIpc) is 2.94. The van der Waals surface area contributed by atoms with Crippen molar-refractivity contribution in [2.24, 2.45) is 7.05 Å². The lowest BCUT2D eigenvalue weighted by atomic mass is 10.1. The molecule has 1 aromatic carbocycles. The zero-order valence-corrected chi connectivity index (χ0v) is 12.7. The van der Waals surface area contributed by atoms with Crippen molar-refractivity contribution in [3.05, 3.63) is 51.3 Å². The highest BCUT2D eigenvalue weighted by Crippen LogP contribution is 2.28. The summed E-state index contributed by atoms with van der Waals surface area (Å²) >= 11 is 6.27. The Hall–Kier alpha value is -1.85. The fraction of sp³-hybridized carbons (Fsp3) is 0.333. The first-order valence-electron chi connectivity index (χ1n) is 6.71. The molecule has 1 aliphatic rings. The van der Waals surface area contributed by atoms with E-state index in [9.17, 15) is 4.79 Å². The minimum atomic E-state index is -0.887. The Kier molecular flexibility index (Phi) is 3.47. The number of aromatic nitrogens is 2. The molecule has 3 rings (SSSR count). The quantitative estimate of drug-likeness (QED) is 0.947. The van der Waals surface area contributed by atoms with Gasteiger partial charge in [-0.15, -0.1) is 0 Å². The van der Waals surface area contributed by atoms with Crippen molar-refractivity contribution in [3.63, 3.8) is 0 Å². The van der Waals surface area contributed by atoms with Gasteiger partial charge in [0, 0.05) is 32.2 Å². The summed E-state index contributed by atoms with van der Waals surface area (Å²) in [5.74, 6) is -0.887. The fourth-order valence-electron chi connectivity index (χ4n) is 2.79. The molecule has 110 valence electrons. The van der Waals surface area contributed by atoms with Crippen molar-refractivity contribution in [3.8, 4) is 0 Å². The summed E-state index contributed by atoms with van der Waals surface area (Å²) in [6, 6.07) is 5.32. The highest BCUT2D eigenvalue weighted by Gasteiger charge is 2.23. The lowest BCUT2D eigenvalue weighted by molar-refractivity contribution is 0.0696. The van der Waals surface area contributed by atoms with Crippen LogP contribution in [0.3, 0.4) is 0 Å². The van der Waals surface area contributed by atoms with Crippen LogP contribution in [-0.4, -0.2) is 25.8 Å². The number of fused-ring (bicyclic) bond motifs is 1. The van der Waals surface area contributed by atoms with Crippen LogP contribution in [0, 0.1) is 6.92 Å². The fourth-order valence-corrected chi connectivity index (χ4v) is 3.02. The molecule has 0 fully saturated rings. The highest BCUT2D eigenvalue weighted by atomic mass is 35.5. The number of hydrogen-bond donors (Lipinski definition) is 1. The van der Waals surface area contributed by atoms with Gasteiger partial charge in [0.05, 0.1) is 11.3 Å². The van der Waals surface area contributed by atoms with Crippen LogP contribution in [0.2, 0.25) is 5.15 Å². The number of aromatic carboxylic acids is 1. The molecule has 0 spiro atoms. The topological polar surface area (TPSA) is 58.4 Å². The number of hydrogen-bond acceptors (Lipinski definition) is 3. The molecule has 1 aromatic heterocycles. The average molecular weight is 306 g/mol. The van der Waals surface area contributed by atoms with Gasteiger partial charge < -0.3 is 5.11 Å². The molecule has 2 aromatic rings. The summed E-state index contributed by atoms with van der Waals surface area (Å²) in [5.41, 5.74) is 4.56. The molecule has 21 heavy (non-hydrogen) atoms. The normalized spacial score (nSPS) is 14.4. The van der Waals surface area contributed by atoms with Crippen LogP contribution >= 0.6 is 11.6 Å². The van der Waals surface area contributed by atoms with E-state index in [4.69, 9.17) is 16.7 Å². The third-order valence-electron chi connectivity index (χ3n) is 3.89. The van der Waals surface area contributed by atoms with Crippen molar-refractivity contribution in [2.75, 3.05) is 0 Å². The van der Waals surface area contributed by atoms with E-state index in [1.54, 1.807) is 16.8 Å². The maximum Gasteiger partial charge on any atom is 0.335 e. The van der Waals surface area contributed by atoms with E-state index in [-0.39, 0.29) is 0 Å². The molecule has 0 bridgehead atoms. The molecule has 1 aliphatic heterocycles. The van der Waals surface area contributed by atoms with Crippen LogP contribution in [0.15, 0.2) is 18.2 Å². The van der Waals surface area contributed by atoms with E-state index in [0.717, 1.165) is 36.5 Å². The summed E-state index contributed by atoms with van der Waals surface area (Å²) < 4.78 is 1.68. The number of benzene rings is 1. The third kappa shape index (κ3) is 2.54. The van der Waals surface area contributed by atoms with Gasteiger partial charge in [0.25, 0.3) is 0 Å². The standard InChI is InChI=1S/C15H16ClN3O2/c1-9-13(14(16)18(2)17-9)8-19-6-11-4-3-10(15(20)21)5-12(11)7-19/h3-5H,6-8H2,1-2H3,(H,20,21). The molecule has 0 atom stereocenters. The number of carboxylic acid groups (broad SMARTS) is 1. The first-order valence-corrected chi connectivity index (χ1v) is 7.09. The molecule has 6 heteroatoms. The molecular weight excluding hydrogens is 290 g/mol. The van der Waals surface area contributed by atoms with Gasteiger partial charge in [0.2, 0.25) is 0 Å². The molecule has 0 saturated heterocycles. The van der Waals surface area contributed by atoms with Gasteiger partial charge in [-0.1, -0.05) is 17.7 Å². The Morgan fingerprint density at radius 2 is 2.10 bits per heavy atom. The van der Waals surface area contributed by atoms with Gasteiger partial charge in [0.1, 0.15) is 5.15 Å². The minimum Gasteiger partial charge on any atom is -0.478 e. The van der Waals surface area contributed by atoms with Gasteiger partial charge in [-0.05, 0) is 30.2 Å². The lowest BCUT2D eigenvalue weighted by Crippen LogP contribution is -2.16. The SMILES string of the molecule is Cc1nn(C)c(Cl)c1CN1Cc2ccc(C(=O)O)cc2C1. The number of rotatable bonds is 3. The molecule has 0 aliphatic carbocycles. The molecular formula is C15H16ClN3O2. The van der Waals surface area contributed by atoms with Crippen molar-refractivity contribution in [1.82, 2.24) is 14.7 Å². The largest absolute Gasteiger partial charge is 0.478 e. The van der Waals surface area contributed by atoms with Crippen molar-refractivity contribution >= 4 is 17.6 Å². The smallest absolute Gasteiger partial charge is 0.335 e. The third-order valence-corrected chi connectivity index (χ3v) is 4.37. The van der Waals surface area contributed by atoms with Gasteiger partial charge >= 0.3 is 5.97 Å². The summed E-state index contributed by atoms with van der Waals surface area (Å²) in [7, 11) is 1.83. The van der Waals surface area contributed by atoms with E-state index < -0.39 is 5.97 Å². The second kappa shape index (κ2) is 5.16. The predicted molar refractivity (Wildman–Crippen MR) is 79.3 cm³/mol. The first-order chi connectivity index (χ1) is 9.95. The summed E-state index contributed by atoms with van der Waals surface area (Å²) in [4.78, 5) is 13.3. The van der Waals surface area contributed by atoms with E-state index in [1.165, 1.54) is 5.56 Å². The van der Waals surface area contributed by atoms with E-state index >= 15 is 0 Å². The maximum absolute atomic E-state index is 11.0. The molecule has 1 N–H and O–H groups in total. The van der Waals surface area contributed by atoms with Crippen molar-refractivity contribution in [2.45, 2.75) is 26.6 Å². The number of aryl methyl sites for hydroxylation is 2. The zero-order chi connectivity index (χ0) is 15.1. The molecule has 0 radical (unpaired) electrons. The lowest BCUT2D eigenvalue weighted by Gasteiger charge is -2.14. The molecule has 5 nitrogen and oxygen atoms in total. The van der Waals surface area contributed by atoms with Crippen LogP contribution in [0.25, 0.3) is 0 Å². The number of carboxylic acids is 1. The van der Waals surface area contributed by atoms with Crippen LogP contribution in [0.5, 0.6) is 0 Å². The molecule has 0 amide bonds. The minimum absolute atomic E-state index is 0.339. The number of nitrogens with zero attached hydrogens (tertiary/aromatic N) is 3. The van der Waals surface area contributed by atoms with Crippen LogP contribution in [0.4, 0.5) is 0 Å². The van der Waals surface area contributed by atoms with Gasteiger partial charge in [-0.25, -0.2) is 4.79 Å². The molecule has 0 unspecified atom stereocenters. The number of halogens is 1. The summed E-state index contributed by atoms with van der Waals surface area (Å²) in [6.45, 7) is 4.21. The van der Waals surface area contributed by atoms with Crippen LogP contribution in [0.1, 0.15) is 32.7 Å². The second-order valence-corrected chi connectivity index (χ2v) is 5.77. The Morgan fingerprint density at radius 1 is 1.38 bits per heavy atom.